The van der Waals surface area contributed by atoms with Gasteiger partial charge in [-0.1, -0.05) is 18.5 Å². The first-order valence-corrected chi connectivity index (χ1v) is 8.52. The van der Waals surface area contributed by atoms with Crippen LogP contribution in [0.15, 0.2) is 0 Å². The van der Waals surface area contributed by atoms with Crippen molar-refractivity contribution < 1.29 is 14.3 Å². The summed E-state index contributed by atoms with van der Waals surface area (Å²) in [7, 11) is 1.53. The molecule has 1 aliphatic heterocycles. The van der Waals surface area contributed by atoms with Crippen LogP contribution >= 0.6 is 11.6 Å². The molecule has 0 unspecified atom stereocenters. The Kier molecular flexibility index (Phi) is 5.47. The Balaban J connectivity index is 1.64. The third kappa shape index (κ3) is 3.68. The van der Waals surface area contributed by atoms with Gasteiger partial charge in [-0.05, 0) is 18.1 Å². The lowest BCUT2D eigenvalue weighted by atomic mass is 10.0. The van der Waals surface area contributed by atoms with Gasteiger partial charge < -0.3 is 19.9 Å². The minimum absolute atomic E-state index is 0.000314. The minimum atomic E-state index is -0.375. The number of aromatic nitrogens is 6. The number of aryl methyl sites for hydroxylation is 1. The second kappa shape index (κ2) is 7.79. The van der Waals surface area contributed by atoms with Crippen molar-refractivity contribution in [3.8, 4) is 0 Å². The van der Waals surface area contributed by atoms with Crippen molar-refractivity contribution in [1.29, 1.82) is 0 Å². The van der Waals surface area contributed by atoms with Crippen LogP contribution in [0.25, 0.3) is 0 Å². The predicted molar refractivity (Wildman–Crippen MR) is 89.7 cm³/mol. The molecule has 2 aromatic heterocycles. The monoisotopic (exact) mass is 382 g/mol. The molecule has 0 spiro atoms. The van der Waals surface area contributed by atoms with Crippen LogP contribution in [0, 0.1) is 0 Å². The first kappa shape index (κ1) is 18.3. The third-order valence-corrected chi connectivity index (χ3v) is 4.61. The van der Waals surface area contributed by atoms with Gasteiger partial charge in [-0.2, -0.15) is 5.21 Å². The van der Waals surface area contributed by atoms with E-state index in [0.717, 1.165) is 0 Å². The lowest BCUT2D eigenvalue weighted by molar-refractivity contribution is 0.00740. The van der Waals surface area contributed by atoms with Gasteiger partial charge in [0.15, 0.2) is 11.0 Å². The molecule has 3 rings (SSSR count). The Bertz CT molecular complexity index is 777. The average Bonchev–Trinajstić information content (AvgIpc) is 3.31. The summed E-state index contributed by atoms with van der Waals surface area (Å²) >= 11 is 5.98. The van der Waals surface area contributed by atoms with Gasteiger partial charge in [0.25, 0.3) is 17.6 Å². The number of rotatable bonds is 5. The fraction of sp³-hybridized carbons (Fsp3) is 0.571. The number of amides is 2. The maximum absolute atomic E-state index is 12.4. The van der Waals surface area contributed by atoms with Crippen molar-refractivity contribution in [3.63, 3.8) is 0 Å². The lowest BCUT2D eigenvalue weighted by Crippen LogP contribution is -2.56. The van der Waals surface area contributed by atoms with Crippen LogP contribution in [0.1, 0.15) is 40.3 Å². The van der Waals surface area contributed by atoms with Crippen molar-refractivity contribution in [2.75, 3.05) is 20.2 Å². The molecule has 26 heavy (non-hydrogen) atoms. The van der Waals surface area contributed by atoms with E-state index in [-0.39, 0.29) is 35.6 Å². The minimum Gasteiger partial charge on any atom is -0.377 e. The van der Waals surface area contributed by atoms with E-state index >= 15 is 0 Å². The largest absolute Gasteiger partial charge is 0.377 e. The van der Waals surface area contributed by atoms with Crippen molar-refractivity contribution >= 4 is 23.4 Å². The predicted octanol–water partition coefficient (Wildman–Crippen LogP) is -0.202. The summed E-state index contributed by atoms with van der Waals surface area (Å²) in [5.74, 6) is -0.542. The lowest BCUT2D eigenvalue weighted by Gasteiger charge is -2.37. The molecule has 2 aromatic rings. The van der Waals surface area contributed by atoms with E-state index < -0.39 is 0 Å². The van der Waals surface area contributed by atoms with Gasteiger partial charge in [0, 0.05) is 20.2 Å². The zero-order valence-corrected chi connectivity index (χ0v) is 15.1. The van der Waals surface area contributed by atoms with E-state index in [1.165, 1.54) is 7.11 Å². The zero-order valence-electron chi connectivity index (χ0n) is 14.3. The van der Waals surface area contributed by atoms with Gasteiger partial charge >= 0.3 is 0 Å². The highest BCUT2D eigenvalue weighted by atomic mass is 35.5. The summed E-state index contributed by atoms with van der Waals surface area (Å²) in [5.41, 5.74) is 0.709. The summed E-state index contributed by atoms with van der Waals surface area (Å²) in [6.45, 7) is 2.64. The van der Waals surface area contributed by atoms with Crippen molar-refractivity contribution in [2.24, 2.45) is 0 Å². The molecule has 0 saturated carbocycles. The van der Waals surface area contributed by atoms with E-state index in [0.29, 0.717) is 36.8 Å². The highest BCUT2D eigenvalue weighted by Crippen LogP contribution is 2.17. The molecular weight excluding hydrogens is 364 g/mol. The molecule has 0 aliphatic carbocycles. The molecule has 0 radical (unpaired) electrons. The number of methoxy groups -OCH3 is 1. The Labute approximate surface area is 153 Å². The molecular formula is C14H19ClN8O3. The van der Waals surface area contributed by atoms with Gasteiger partial charge in [-0.25, -0.2) is 4.98 Å². The SMILES string of the molecule is CCc1[nH]c(C(=O)N[C@@H]2CCN(C(=O)c3nn[nH]n3)C[C@@H]2OC)nc1Cl. The number of carbonyl (C=O) groups is 2. The fourth-order valence-electron chi connectivity index (χ4n) is 2.87. The van der Waals surface area contributed by atoms with E-state index in [1.807, 2.05) is 6.92 Å². The number of nitrogens with one attached hydrogen (secondary N) is 3. The van der Waals surface area contributed by atoms with Crippen LogP contribution in [0.3, 0.4) is 0 Å². The van der Waals surface area contributed by atoms with Crippen LogP contribution < -0.4 is 5.32 Å². The molecule has 1 fully saturated rings. The van der Waals surface area contributed by atoms with E-state index in [9.17, 15) is 9.59 Å². The number of tetrazole rings is 1. The average molecular weight is 383 g/mol. The molecule has 2 amide bonds. The number of nitrogens with zero attached hydrogens (tertiary/aromatic N) is 5. The topological polar surface area (TPSA) is 142 Å². The van der Waals surface area contributed by atoms with Gasteiger partial charge in [0.1, 0.15) is 0 Å². The van der Waals surface area contributed by atoms with Crippen molar-refractivity contribution in [2.45, 2.75) is 31.9 Å². The molecule has 2 atom stereocenters. The van der Waals surface area contributed by atoms with E-state index in [2.05, 4.69) is 35.9 Å². The van der Waals surface area contributed by atoms with Crippen molar-refractivity contribution in [3.05, 3.63) is 22.5 Å². The fourth-order valence-corrected chi connectivity index (χ4v) is 3.13. The highest BCUT2D eigenvalue weighted by Gasteiger charge is 2.34. The van der Waals surface area contributed by atoms with Gasteiger partial charge in [-0.3, -0.25) is 9.59 Å². The summed E-state index contributed by atoms with van der Waals surface area (Å²) in [5, 5.41) is 16.2. The van der Waals surface area contributed by atoms with Crippen LogP contribution in [0.5, 0.6) is 0 Å². The molecule has 140 valence electrons. The molecule has 1 saturated heterocycles. The van der Waals surface area contributed by atoms with Crippen LogP contribution in [-0.4, -0.2) is 79.7 Å². The van der Waals surface area contributed by atoms with Crippen LogP contribution in [0.2, 0.25) is 5.15 Å². The van der Waals surface area contributed by atoms with E-state index in [4.69, 9.17) is 16.3 Å². The highest BCUT2D eigenvalue weighted by molar-refractivity contribution is 6.30. The molecule has 11 nitrogen and oxygen atoms in total. The van der Waals surface area contributed by atoms with Gasteiger partial charge in [0.05, 0.1) is 17.8 Å². The Morgan fingerprint density at radius 2 is 2.27 bits per heavy atom. The number of halogens is 1. The number of hydrogen-bond acceptors (Lipinski definition) is 7. The van der Waals surface area contributed by atoms with Crippen molar-refractivity contribution in [1.82, 2.24) is 40.8 Å². The third-order valence-electron chi connectivity index (χ3n) is 4.30. The second-order valence-electron chi connectivity index (χ2n) is 5.84. The number of carbonyl (C=O) groups excluding carboxylic acids is 2. The number of H-pyrrole nitrogens is 2. The van der Waals surface area contributed by atoms with Gasteiger partial charge in [0.2, 0.25) is 0 Å². The number of aromatic amines is 2. The summed E-state index contributed by atoms with van der Waals surface area (Å²) in [4.78, 5) is 33.3. The summed E-state index contributed by atoms with van der Waals surface area (Å²) in [6.07, 6.45) is 0.791. The number of imidazole rings is 1. The van der Waals surface area contributed by atoms with Crippen LogP contribution in [0.4, 0.5) is 0 Å². The molecule has 12 heteroatoms. The Hall–Kier alpha value is -2.53. The number of ether oxygens (including phenoxy) is 1. The molecule has 1 aliphatic rings. The molecule has 0 aromatic carbocycles. The van der Waals surface area contributed by atoms with Crippen LogP contribution in [-0.2, 0) is 11.2 Å². The standard InChI is InChI=1S/C14H19ClN8O3/c1-3-7-10(15)18-11(16-7)13(24)17-8-4-5-23(6-9(8)26-2)14(25)12-19-21-22-20-12/h8-9H,3-6H2,1-2H3,(H,16,18)(H,17,24)(H,19,20,21,22)/t8-,9+/m1/s1. The molecule has 0 bridgehead atoms. The number of piperidine rings is 1. The number of likely N-dealkylation sites (tertiary alicyclic amines) is 1. The Morgan fingerprint density at radius 3 is 2.88 bits per heavy atom. The first-order chi connectivity index (χ1) is 12.5. The smallest absolute Gasteiger partial charge is 0.295 e. The Morgan fingerprint density at radius 1 is 1.46 bits per heavy atom. The second-order valence-corrected chi connectivity index (χ2v) is 6.20. The molecule has 3 heterocycles. The first-order valence-electron chi connectivity index (χ1n) is 8.14. The van der Waals surface area contributed by atoms with Gasteiger partial charge in [-0.15, -0.1) is 10.2 Å². The maximum Gasteiger partial charge on any atom is 0.295 e. The van der Waals surface area contributed by atoms with E-state index in [1.54, 1.807) is 4.90 Å². The number of hydrogen-bond donors (Lipinski definition) is 3. The quantitative estimate of drug-likeness (QED) is 0.649. The summed E-state index contributed by atoms with van der Waals surface area (Å²) in [6, 6.07) is -0.268. The maximum atomic E-state index is 12.4. The summed E-state index contributed by atoms with van der Waals surface area (Å²) < 4.78 is 5.46. The molecule has 3 N–H and O–H groups in total. The zero-order chi connectivity index (χ0) is 18.7. The normalized spacial score (nSPS) is 20.2.